The third-order valence-corrected chi connectivity index (χ3v) is 4.65. The van der Waals surface area contributed by atoms with Gasteiger partial charge in [-0.3, -0.25) is 4.79 Å². The number of rotatable bonds is 4. The highest BCUT2D eigenvalue weighted by atomic mass is 32.2. The van der Waals surface area contributed by atoms with E-state index in [9.17, 15) is 9.59 Å². The number of thioether (sulfide) groups is 1. The maximum atomic E-state index is 12.2. The maximum Gasteiger partial charge on any atom is 0.336 e. The Balaban J connectivity index is 1.98. The van der Waals surface area contributed by atoms with E-state index in [1.807, 2.05) is 4.90 Å². The zero-order valence-electron chi connectivity index (χ0n) is 11.5. The lowest BCUT2D eigenvalue weighted by molar-refractivity contribution is -0.131. The number of likely N-dealkylation sites (tertiary alicyclic amines) is 1. The van der Waals surface area contributed by atoms with E-state index in [-0.39, 0.29) is 11.5 Å². The molecule has 1 atom stereocenters. The van der Waals surface area contributed by atoms with Crippen LogP contribution in [0.5, 0.6) is 0 Å². The quantitative estimate of drug-likeness (QED) is 0.867. The normalized spacial score (nSPS) is 18.9. The van der Waals surface area contributed by atoms with E-state index in [2.05, 4.69) is 6.92 Å². The first kappa shape index (κ1) is 14.9. The fourth-order valence-corrected chi connectivity index (χ4v) is 3.39. The van der Waals surface area contributed by atoms with E-state index >= 15 is 0 Å². The van der Waals surface area contributed by atoms with Crippen molar-refractivity contribution in [2.24, 2.45) is 0 Å². The summed E-state index contributed by atoms with van der Waals surface area (Å²) in [5.74, 6) is -0.552. The second-order valence-electron chi connectivity index (χ2n) is 5.02. The predicted octanol–water partition coefficient (Wildman–Crippen LogP) is 2.88. The molecule has 0 spiro atoms. The van der Waals surface area contributed by atoms with Crippen LogP contribution in [-0.4, -0.2) is 40.2 Å². The van der Waals surface area contributed by atoms with E-state index < -0.39 is 5.97 Å². The molecule has 1 aliphatic heterocycles. The van der Waals surface area contributed by atoms with E-state index in [1.54, 1.807) is 24.3 Å². The van der Waals surface area contributed by atoms with Crippen LogP contribution in [0.3, 0.4) is 0 Å². The topological polar surface area (TPSA) is 57.6 Å². The summed E-state index contributed by atoms with van der Waals surface area (Å²) < 4.78 is 0. The summed E-state index contributed by atoms with van der Waals surface area (Å²) in [6.45, 7) is 2.90. The molecule has 0 radical (unpaired) electrons. The van der Waals surface area contributed by atoms with E-state index in [0.717, 1.165) is 19.4 Å². The third kappa shape index (κ3) is 3.54. The number of benzene rings is 1. The van der Waals surface area contributed by atoms with Gasteiger partial charge in [-0.1, -0.05) is 12.1 Å². The highest BCUT2D eigenvalue weighted by Gasteiger charge is 2.23. The SMILES string of the molecule is CC1CCCCN1C(=O)CSc1ccccc1C(=O)O. The van der Waals surface area contributed by atoms with Crippen LogP contribution in [0.25, 0.3) is 0 Å². The van der Waals surface area contributed by atoms with Crippen molar-refractivity contribution in [1.82, 2.24) is 4.90 Å². The van der Waals surface area contributed by atoms with Gasteiger partial charge in [0.05, 0.1) is 11.3 Å². The molecule has 2 rings (SSSR count). The summed E-state index contributed by atoms with van der Waals surface area (Å²) in [6, 6.07) is 7.11. The summed E-state index contributed by atoms with van der Waals surface area (Å²) in [4.78, 5) is 25.9. The van der Waals surface area contributed by atoms with Gasteiger partial charge < -0.3 is 10.0 Å². The summed E-state index contributed by atoms with van der Waals surface area (Å²) in [6.07, 6.45) is 3.30. The molecular weight excluding hydrogens is 274 g/mol. The molecule has 1 N–H and O–H groups in total. The smallest absolute Gasteiger partial charge is 0.336 e. The zero-order chi connectivity index (χ0) is 14.5. The zero-order valence-corrected chi connectivity index (χ0v) is 12.4. The number of carboxylic acid groups (broad SMARTS) is 1. The Kier molecular flexibility index (Phi) is 5.06. The van der Waals surface area contributed by atoms with Crippen molar-refractivity contribution in [3.8, 4) is 0 Å². The van der Waals surface area contributed by atoms with E-state index in [1.165, 1.54) is 18.2 Å². The van der Waals surface area contributed by atoms with Crippen LogP contribution < -0.4 is 0 Å². The number of hydrogen-bond donors (Lipinski definition) is 1. The van der Waals surface area contributed by atoms with Crippen LogP contribution in [0.4, 0.5) is 0 Å². The van der Waals surface area contributed by atoms with Gasteiger partial charge >= 0.3 is 5.97 Å². The Morgan fingerprint density at radius 3 is 2.80 bits per heavy atom. The Morgan fingerprint density at radius 2 is 2.10 bits per heavy atom. The molecule has 20 heavy (non-hydrogen) atoms. The minimum absolute atomic E-state index is 0.0994. The summed E-state index contributed by atoms with van der Waals surface area (Å²) in [5.41, 5.74) is 0.261. The van der Waals surface area contributed by atoms with Crippen LogP contribution in [0.15, 0.2) is 29.2 Å². The Bertz CT molecular complexity index is 504. The fourth-order valence-electron chi connectivity index (χ4n) is 2.46. The number of carbonyl (C=O) groups excluding carboxylic acids is 1. The number of carboxylic acids is 1. The van der Waals surface area contributed by atoms with Crippen LogP contribution in [0.1, 0.15) is 36.5 Å². The average molecular weight is 293 g/mol. The fraction of sp³-hybridized carbons (Fsp3) is 0.467. The van der Waals surface area contributed by atoms with E-state index in [4.69, 9.17) is 5.11 Å². The number of amides is 1. The van der Waals surface area contributed by atoms with Crippen molar-refractivity contribution in [2.45, 2.75) is 37.1 Å². The van der Waals surface area contributed by atoms with Crippen LogP contribution in [0, 0.1) is 0 Å². The van der Waals surface area contributed by atoms with Crippen molar-refractivity contribution in [1.29, 1.82) is 0 Å². The van der Waals surface area contributed by atoms with Gasteiger partial charge in [0.15, 0.2) is 0 Å². The van der Waals surface area contributed by atoms with Gasteiger partial charge in [-0.25, -0.2) is 4.79 Å². The molecule has 1 aromatic carbocycles. The summed E-state index contributed by atoms with van der Waals surface area (Å²) >= 11 is 1.31. The van der Waals surface area contributed by atoms with Gasteiger partial charge in [-0.15, -0.1) is 11.8 Å². The van der Waals surface area contributed by atoms with Crippen LogP contribution in [-0.2, 0) is 4.79 Å². The molecule has 1 unspecified atom stereocenters. The van der Waals surface area contributed by atoms with Gasteiger partial charge in [0.2, 0.25) is 5.91 Å². The third-order valence-electron chi connectivity index (χ3n) is 3.59. The molecule has 0 aliphatic carbocycles. The highest BCUT2D eigenvalue weighted by molar-refractivity contribution is 8.00. The molecule has 1 amide bonds. The highest BCUT2D eigenvalue weighted by Crippen LogP contribution is 2.24. The predicted molar refractivity (Wildman–Crippen MR) is 79.2 cm³/mol. The van der Waals surface area contributed by atoms with Crippen LogP contribution >= 0.6 is 11.8 Å². The monoisotopic (exact) mass is 293 g/mol. The number of hydrogen-bond acceptors (Lipinski definition) is 3. The Hall–Kier alpha value is -1.49. The Labute approximate surface area is 123 Å². The Morgan fingerprint density at radius 1 is 1.35 bits per heavy atom. The molecule has 1 aliphatic rings. The average Bonchev–Trinajstić information content (AvgIpc) is 2.45. The summed E-state index contributed by atoms with van der Waals surface area (Å²) in [7, 11) is 0. The first-order valence-electron chi connectivity index (χ1n) is 6.84. The van der Waals surface area contributed by atoms with Gasteiger partial charge in [0.25, 0.3) is 0 Å². The van der Waals surface area contributed by atoms with Crippen molar-refractivity contribution >= 4 is 23.6 Å². The number of piperidine rings is 1. The first-order chi connectivity index (χ1) is 9.59. The van der Waals surface area contributed by atoms with Crippen molar-refractivity contribution in [3.63, 3.8) is 0 Å². The lowest BCUT2D eigenvalue weighted by Crippen LogP contribution is -2.42. The van der Waals surface area contributed by atoms with Crippen molar-refractivity contribution in [3.05, 3.63) is 29.8 Å². The standard InChI is InChI=1S/C15H19NO3S/c1-11-6-4-5-9-16(11)14(17)10-20-13-8-3-2-7-12(13)15(18)19/h2-3,7-8,11H,4-6,9-10H2,1H3,(H,18,19). The van der Waals surface area contributed by atoms with Gasteiger partial charge in [-0.2, -0.15) is 0 Å². The minimum Gasteiger partial charge on any atom is -0.478 e. The van der Waals surface area contributed by atoms with Crippen LogP contribution in [0.2, 0.25) is 0 Å². The lowest BCUT2D eigenvalue weighted by Gasteiger charge is -2.33. The van der Waals surface area contributed by atoms with Crippen molar-refractivity contribution in [2.75, 3.05) is 12.3 Å². The number of nitrogens with zero attached hydrogens (tertiary/aromatic N) is 1. The minimum atomic E-state index is -0.952. The molecule has 1 saturated heterocycles. The molecule has 4 nitrogen and oxygen atoms in total. The second kappa shape index (κ2) is 6.79. The molecule has 0 aromatic heterocycles. The largest absolute Gasteiger partial charge is 0.478 e. The first-order valence-corrected chi connectivity index (χ1v) is 7.82. The second-order valence-corrected chi connectivity index (χ2v) is 6.04. The lowest BCUT2D eigenvalue weighted by atomic mass is 10.0. The molecular formula is C15H19NO3S. The van der Waals surface area contributed by atoms with Gasteiger partial charge in [0.1, 0.15) is 0 Å². The van der Waals surface area contributed by atoms with Crippen molar-refractivity contribution < 1.29 is 14.7 Å². The van der Waals surface area contributed by atoms with E-state index in [0.29, 0.717) is 16.7 Å². The number of aromatic carboxylic acids is 1. The molecule has 5 heteroatoms. The number of carbonyl (C=O) groups is 2. The molecule has 1 fully saturated rings. The molecule has 0 saturated carbocycles. The van der Waals surface area contributed by atoms with Gasteiger partial charge in [0, 0.05) is 17.5 Å². The molecule has 108 valence electrons. The molecule has 1 aromatic rings. The molecule has 0 bridgehead atoms. The summed E-state index contributed by atoms with van der Waals surface area (Å²) in [5, 5.41) is 9.11. The molecule has 1 heterocycles. The van der Waals surface area contributed by atoms with Gasteiger partial charge in [-0.05, 0) is 38.3 Å². The maximum absolute atomic E-state index is 12.2.